The summed E-state index contributed by atoms with van der Waals surface area (Å²) in [6, 6.07) is 3.81. The molecule has 0 aliphatic carbocycles. The summed E-state index contributed by atoms with van der Waals surface area (Å²) in [6.07, 6.45) is 0. The Kier molecular flexibility index (Phi) is 6.20. The highest BCUT2D eigenvalue weighted by molar-refractivity contribution is 7.89. The molecule has 27 heavy (non-hydrogen) atoms. The van der Waals surface area contributed by atoms with E-state index in [-0.39, 0.29) is 5.91 Å². The Hall–Kier alpha value is -1.48. The van der Waals surface area contributed by atoms with Crippen LogP contribution in [0.4, 0.5) is 0 Å². The Bertz CT molecular complexity index is 772. The average Bonchev–Trinajstić information content (AvgIpc) is 2.61. The molecular formula is C19H29N3O4S. The van der Waals surface area contributed by atoms with E-state index < -0.39 is 10.0 Å². The predicted octanol–water partition coefficient (Wildman–Crippen LogP) is 0.777. The Morgan fingerprint density at radius 3 is 2.07 bits per heavy atom. The molecule has 2 heterocycles. The van der Waals surface area contributed by atoms with Crippen molar-refractivity contribution in [2.45, 2.75) is 25.7 Å². The summed E-state index contributed by atoms with van der Waals surface area (Å²) in [5.41, 5.74) is 2.61. The maximum absolute atomic E-state index is 13.1. The molecule has 1 amide bonds. The maximum atomic E-state index is 13.1. The van der Waals surface area contributed by atoms with Crippen molar-refractivity contribution in [1.82, 2.24) is 14.1 Å². The monoisotopic (exact) mass is 395 g/mol. The normalized spacial score (nSPS) is 20.0. The van der Waals surface area contributed by atoms with Gasteiger partial charge in [-0.3, -0.25) is 9.69 Å². The van der Waals surface area contributed by atoms with Crippen LogP contribution in [0.5, 0.6) is 0 Å². The fourth-order valence-electron chi connectivity index (χ4n) is 3.93. The summed E-state index contributed by atoms with van der Waals surface area (Å²) in [7, 11) is -3.55. The lowest BCUT2D eigenvalue weighted by atomic mass is 10.1. The lowest BCUT2D eigenvalue weighted by Gasteiger charge is -2.36. The van der Waals surface area contributed by atoms with Crippen LogP contribution in [0, 0.1) is 20.8 Å². The first-order chi connectivity index (χ1) is 12.8. The summed E-state index contributed by atoms with van der Waals surface area (Å²) in [6.45, 7) is 10.4. The summed E-state index contributed by atoms with van der Waals surface area (Å²) < 4.78 is 33.1. The molecule has 7 nitrogen and oxygen atoms in total. The molecule has 0 radical (unpaired) electrons. The van der Waals surface area contributed by atoms with Gasteiger partial charge in [0.05, 0.1) is 24.7 Å². The minimum Gasteiger partial charge on any atom is -0.379 e. The summed E-state index contributed by atoms with van der Waals surface area (Å²) >= 11 is 0. The van der Waals surface area contributed by atoms with E-state index in [1.54, 1.807) is 4.90 Å². The van der Waals surface area contributed by atoms with Crippen LogP contribution < -0.4 is 0 Å². The molecule has 2 fully saturated rings. The van der Waals surface area contributed by atoms with E-state index in [9.17, 15) is 13.2 Å². The second-order valence-electron chi connectivity index (χ2n) is 7.40. The number of amides is 1. The molecule has 0 spiro atoms. The number of carbonyl (C=O) groups excluding carboxylic acids is 1. The lowest BCUT2D eigenvalue weighted by Crippen LogP contribution is -2.53. The number of nitrogens with zero attached hydrogens (tertiary/aromatic N) is 3. The van der Waals surface area contributed by atoms with E-state index in [1.807, 2.05) is 32.9 Å². The summed E-state index contributed by atoms with van der Waals surface area (Å²) in [5, 5.41) is 0. The minimum atomic E-state index is -3.55. The van der Waals surface area contributed by atoms with Crippen molar-refractivity contribution >= 4 is 15.9 Å². The van der Waals surface area contributed by atoms with Crippen molar-refractivity contribution in [3.8, 4) is 0 Å². The van der Waals surface area contributed by atoms with Gasteiger partial charge in [0.15, 0.2) is 0 Å². The zero-order valence-corrected chi connectivity index (χ0v) is 17.2. The third-order valence-corrected chi connectivity index (χ3v) is 7.46. The van der Waals surface area contributed by atoms with E-state index >= 15 is 0 Å². The smallest absolute Gasteiger partial charge is 0.243 e. The summed E-state index contributed by atoms with van der Waals surface area (Å²) in [5.74, 6) is 0.0663. The SMILES string of the molecule is Cc1cc(C)c(S(=O)(=O)N2CCN(C(=O)CN3CCOCC3)CC2)c(C)c1. The minimum absolute atomic E-state index is 0.0663. The number of ether oxygens (including phenoxy) is 1. The second-order valence-corrected chi connectivity index (χ2v) is 9.28. The number of hydrogen-bond donors (Lipinski definition) is 0. The molecule has 150 valence electrons. The van der Waals surface area contributed by atoms with Crippen LogP contribution in [0.25, 0.3) is 0 Å². The number of hydrogen-bond acceptors (Lipinski definition) is 5. The Labute approximate surface area is 161 Å². The van der Waals surface area contributed by atoms with Gasteiger partial charge in [-0.05, 0) is 31.9 Å². The van der Waals surface area contributed by atoms with Gasteiger partial charge in [-0.15, -0.1) is 0 Å². The largest absolute Gasteiger partial charge is 0.379 e. The first-order valence-electron chi connectivity index (χ1n) is 9.45. The quantitative estimate of drug-likeness (QED) is 0.753. The molecule has 8 heteroatoms. The predicted molar refractivity (Wildman–Crippen MR) is 103 cm³/mol. The molecule has 2 saturated heterocycles. The van der Waals surface area contributed by atoms with Crippen LogP contribution in [-0.2, 0) is 19.6 Å². The molecule has 0 aromatic heterocycles. The van der Waals surface area contributed by atoms with Crippen molar-refractivity contribution < 1.29 is 17.9 Å². The maximum Gasteiger partial charge on any atom is 0.243 e. The van der Waals surface area contributed by atoms with Crippen molar-refractivity contribution in [1.29, 1.82) is 0 Å². The molecule has 0 unspecified atom stereocenters. The molecule has 3 rings (SSSR count). The van der Waals surface area contributed by atoms with Crippen LogP contribution in [0.3, 0.4) is 0 Å². The van der Waals surface area contributed by atoms with Gasteiger partial charge in [-0.2, -0.15) is 4.31 Å². The second kappa shape index (κ2) is 8.26. The fraction of sp³-hybridized carbons (Fsp3) is 0.632. The molecule has 1 aromatic carbocycles. The molecule has 0 bridgehead atoms. The van der Waals surface area contributed by atoms with Gasteiger partial charge in [0.2, 0.25) is 15.9 Å². The number of carbonyl (C=O) groups is 1. The van der Waals surface area contributed by atoms with E-state index in [0.29, 0.717) is 50.8 Å². The highest BCUT2D eigenvalue weighted by Gasteiger charge is 2.32. The van der Waals surface area contributed by atoms with E-state index in [2.05, 4.69) is 4.90 Å². The van der Waals surface area contributed by atoms with Crippen LogP contribution in [0.15, 0.2) is 17.0 Å². The van der Waals surface area contributed by atoms with Crippen LogP contribution in [-0.4, -0.2) is 87.5 Å². The van der Waals surface area contributed by atoms with Crippen molar-refractivity contribution in [2.24, 2.45) is 0 Å². The number of morpholine rings is 1. The van der Waals surface area contributed by atoms with Crippen LogP contribution in [0.2, 0.25) is 0 Å². The van der Waals surface area contributed by atoms with Crippen molar-refractivity contribution in [3.05, 3.63) is 28.8 Å². The van der Waals surface area contributed by atoms with Gasteiger partial charge < -0.3 is 9.64 Å². The highest BCUT2D eigenvalue weighted by Crippen LogP contribution is 2.26. The number of benzene rings is 1. The molecule has 1 aromatic rings. The molecular weight excluding hydrogens is 366 g/mol. The molecule has 2 aliphatic rings. The number of aryl methyl sites for hydroxylation is 3. The average molecular weight is 396 g/mol. The Morgan fingerprint density at radius 2 is 1.52 bits per heavy atom. The van der Waals surface area contributed by atoms with E-state index in [4.69, 9.17) is 4.74 Å². The molecule has 0 N–H and O–H groups in total. The third kappa shape index (κ3) is 4.51. The van der Waals surface area contributed by atoms with Gasteiger partial charge >= 0.3 is 0 Å². The van der Waals surface area contributed by atoms with Gasteiger partial charge in [-0.25, -0.2) is 8.42 Å². The highest BCUT2D eigenvalue weighted by atomic mass is 32.2. The molecule has 0 saturated carbocycles. The van der Waals surface area contributed by atoms with Crippen LogP contribution in [0.1, 0.15) is 16.7 Å². The number of rotatable bonds is 4. The zero-order chi connectivity index (χ0) is 19.6. The summed E-state index contributed by atoms with van der Waals surface area (Å²) in [4.78, 5) is 16.8. The number of piperazine rings is 1. The van der Waals surface area contributed by atoms with Gasteiger partial charge in [0, 0.05) is 39.3 Å². The number of sulfonamides is 1. The lowest BCUT2D eigenvalue weighted by molar-refractivity contribution is -0.134. The zero-order valence-electron chi connectivity index (χ0n) is 16.4. The third-order valence-electron chi connectivity index (χ3n) is 5.26. The van der Waals surface area contributed by atoms with E-state index in [0.717, 1.165) is 29.8 Å². The fourth-order valence-corrected chi connectivity index (χ4v) is 5.77. The van der Waals surface area contributed by atoms with Crippen LogP contribution >= 0.6 is 0 Å². The molecule has 0 atom stereocenters. The van der Waals surface area contributed by atoms with Gasteiger partial charge in [-0.1, -0.05) is 17.7 Å². The van der Waals surface area contributed by atoms with Gasteiger partial charge in [0.25, 0.3) is 0 Å². The topological polar surface area (TPSA) is 70.2 Å². The Morgan fingerprint density at radius 1 is 0.963 bits per heavy atom. The van der Waals surface area contributed by atoms with Crippen molar-refractivity contribution in [3.63, 3.8) is 0 Å². The first-order valence-corrected chi connectivity index (χ1v) is 10.9. The standard InChI is InChI=1S/C19H29N3O4S/c1-15-12-16(2)19(17(3)13-15)27(24,25)22-6-4-21(5-7-22)18(23)14-20-8-10-26-11-9-20/h12-13H,4-11,14H2,1-3H3. The molecule has 2 aliphatic heterocycles. The van der Waals surface area contributed by atoms with Crippen molar-refractivity contribution in [2.75, 3.05) is 59.0 Å². The van der Waals surface area contributed by atoms with Gasteiger partial charge in [0.1, 0.15) is 0 Å². The Balaban J connectivity index is 1.64. The first kappa shape index (κ1) is 20.3. The van der Waals surface area contributed by atoms with E-state index in [1.165, 1.54) is 4.31 Å².